The van der Waals surface area contributed by atoms with Crippen molar-refractivity contribution in [1.29, 1.82) is 0 Å². The Morgan fingerprint density at radius 3 is 1.88 bits per heavy atom. The van der Waals surface area contributed by atoms with Crippen LogP contribution >= 0.6 is 0 Å². The summed E-state index contributed by atoms with van der Waals surface area (Å²) < 4.78 is 0. The number of unbranched alkanes of at least 4 members (excludes halogenated alkanes) is 3. The maximum atomic E-state index is 2.70. The van der Waals surface area contributed by atoms with Crippen LogP contribution in [0.4, 0.5) is 0 Å². The molecule has 134 valence electrons. The minimum atomic E-state index is 0.406. The summed E-state index contributed by atoms with van der Waals surface area (Å²) >= 11 is 0. The molecule has 1 nitrogen and oxygen atoms in total. The Hall–Kier alpha value is -1.60. The van der Waals surface area contributed by atoms with E-state index in [-0.39, 0.29) is 0 Å². The first kappa shape index (κ1) is 18.2. The molecule has 0 radical (unpaired) electrons. The molecule has 1 fully saturated rings. The molecule has 0 saturated carbocycles. The Kier molecular flexibility index (Phi) is 7.11. The molecule has 0 bridgehead atoms. The van der Waals surface area contributed by atoms with Gasteiger partial charge in [-0.1, -0.05) is 99.7 Å². The quantitative estimate of drug-likeness (QED) is 0.500. The van der Waals surface area contributed by atoms with E-state index in [0.717, 1.165) is 5.92 Å². The zero-order valence-corrected chi connectivity index (χ0v) is 15.7. The Bertz CT molecular complexity index is 545. The van der Waals surface area contributed by atoms with Crippen LogP contribution in [-0.2, 0) is 0 Å². The number of benzene rings is 2. The van der Waals surface area contributed by atoms with Crippen molar-refractivity contribution < 1.29 is 0 Å². The smallest absolute Gasteiger partial charge is 0.0601 e. The van der Waals surface area contributed by atoms with Gasteiger partial charge in [-0.3, -0.25) is 4.90 Å². The molecule has 0 unspecified atom stereocenters. The summed E-state index contributed by atoms with van der Waals surface area (Å²) in [5.41, 5.74) is 2.85. The van der Waals surface area contributed by atoms with E-state index < -0.39 is 0 Å². The largest absolute Gasteiger partial charge is 0.292 e. The molecule has 0 aromatic heterocycles. The minimum absolute atomic E-state index is 0.406. The van der Waals surface area contributed by atoms with Gasteiger partial charge in [0.1, 0.15) is 0 Å². The third-order valence-corrected chi connectivity index (χ3v) is 5.71. The van der Waals surface area contributed by atoms with E-state index in [2.05, 4.69) is 72.5 Å². The fourth-order valence-electron chi connectivity index (χ4n) is 4.24. The van der Waals surface area contributed by atoms with Crippen LogP contribution in [0, 0.1) is 5.92 Å². The molecular weight excluding hydrogens is 302 g/mol. The molecule has 3 rings (SSSR count). The Balaban J connectivity index is 1.63. The van der Waals surface area contributed by atoms with Crippen LogP contribution in [0.15, 0.2) is 60.7 Å². The van der Waals surface area contributed by atoms with Crippen LogP contribution in [0.3, 0.4) is 0 Å². The number of likely N-dealkylation sites (tertiary alicyclic amines) is 1. The summed E-state index contributed by atoms with van der Waals surface area (Å²) in [5.74, 6) is 0.945. The number of piperidine rings is 1. The van der Waals surface area contributed by atoms with Gasteiger partial charge in [-0.2, -0.15) is 0 Å². The third kappa shape index (κ3) is 5.19. The lowest BCUT2D eigenvalue weighted by Crippen LogP contribution is -2.37. The standard InChI is InChI=1S/C24H33N/c1-2-3-4-7-12-21-17-19-25(20-18-21)24(22-13-8-5-9-14-22)23-15-10-6-11-16-23/h5-6,8-11,13-16,21,24H,2-4,7,12,17-20H2,1H3. The average molecular weight is 336 g/mol. The van der Waals surface area contributed by atoms with Gasteiger partial charge in [0.15, 0.2) is 0 Å². The Labute approximate surface area is 154 Å². The number of nitrogens with zero attached hydrogens (tertiary/aromatic N) is 1. The van der Waals surface area contributed by atoms with Crippen molar-refractivity contribution in [2.45, 2.75) is 57.9 Å². The lowest BCUT2D eigenvalue weighted by molar-refractivity contribution is 0.145. The van der Waals surface area contributed by atoms with Crippen molar-refractivity contribution in [1.82, 2.24) is 4.90 Å². The van der Waals surface area contributed by atoms with E-state index in [4.69, 9.17) is 0 Å². The molecule has 1 heterocycles. The highest BCUT2D eigenvalue weighted by Crippen LogP contribution is 2.33. The van der Waals surface area contributed by atoms with Crippen LogP contribution < -0.4 is 0 Å². The molecule has 1 saturated heterocycles. The number of rotatable bonds is 8. The first-order valence-electron chi connectivity index (χ1n) is 10.2. The summed E-state index contributed by atoms with van der Waals surface area (Å²) in [6.45, 7) is 4.76. The number of hydrogen-bond donors (Lipinski definition) is 0. The summed E-state index contributed by atoms with van der Waals surface area (Å²) in [6.07, 6.45) is 9.77. The molecule has 2 aromatic carbocycles. The van der Waals surface area contributed by atoms with Crippen molar-refractivity contribution in [3.63, 3.8) is 0 Å². The SMILES string of the molecule is CCCCCCC1CCN(C(c2ccccc2)c2ccccc2)CC1. The minimum Gasteiger partial charge on any atom is -0.292 e. The lowest BCUT2D eigenvalue weighted by Gasteiger charge is -2.38. The van der Waals surface area contributed by atoms with Crippen LogP contribution in [-0.4, -0.2) is 18.0 Å². The summed E-state index contributed by atoms with van der Waals surface area (Å²) in [5, 5.41) is 0. The Morgan fingerprint density at radius 1 is 0.800 bits per heavy atom. The van der Waals surface area contributed by atoms with E-state index in [0.29, 0.717) is 6.04 Å². The summed E-state index contributed by atoms with van der Waals surface area (Å²) in [4.78, 5) is 2.70. The first-order valence-corrected chi connectivity index (χ1v) is 10.2. The zero-order chi connectivity index (χ0) is 17.3. The van der Waals surface area contributed by atoms with Crippen LogP contribution in [0.2, 0.25) is 0 Å². The maximum absolute atomic E-state index is 2.70. The first-order chi connectivity index (χ1) is 12.4. The predicted octanol–water partition coefficient (Wildman–Crippen LogP) is 6.46. The normalized spacial score (nSPS) is 16.4. The van der Waals surface area contributed by atoms with Crippen LogP contribution in [0.5, 0.6) is 0 Å². The molecule has 25 heavy (non-hydrogen) atoms. The van der Waals surface area contributed by atoms with Crippen molar-refractivity contribution in [2.75, 3.05) is 13.1 Å². The highest BCUT2D eigenvalue weighted by molar-refractivity contribution is 5.31. The van der Waals surface area contributed by atoms with E-state index >= 15 is 0 Å². The van der Waals surface area contributed by atoms with Crippen LogP contribution in [0.1, 0.15) is 69.0 Å². The van der Waals surface area contributed by atoms with Gasteiger partial charge in [-0.05, 0) is 43.0 Å². The van der Waals surface area contributed by atoms with E-state index in [1.54, 1.807) is 0 Å². The van der Waals surface area contributed by atoms with Gasteiger partial charge in [0.05, 0.1) is 6.04 Å². The van der Waals surface area contributed by atoms with Crippen molar-refractivity contribution in [3.05, 3.63) is 71.8 Å². The van der Waals surface area contributed by atoms with Gasteiger partial charge >= 0.3 is 0 Å². The fourth-order valence-corrected chi connectivity index (χ4v) is 4.24. The molecule has 0 atom stereocenters. The van der Waals surface area contributed by atoms with E-state index in [1.807, 2.05) is 0 Å². The summed E-state index contributed by atoms with van der Waals surface area (Å²) in [6, 6.07) is 22.5. The van der Waals surface area contributed by atoms with Gasteiger partial charge in [0.2, 0.25) is 0 Å². The Morgan fingerprint density at radius 2 is 1.36 bits per heavy atom. The van der Waals surface area contributed by atoms with E-state index in [9.17, 15) is 0 Å². The molecule has 1 aliphatic heterocycles. The molecule has 1 heteroatoms. The topological polar surface area (TPSA) is 3.24 Å². The van der Waals surface area contributed by atoms with Gasteiger partial charge in [0.25, 0.3) is 0 Å². The zero-order valence-electron chi connectivity index (χ0n) is 15.7. The van der Waals surface area contributed by atoms with Crippen molar-refractivity contribution >= 4 is 0 Å². The molecule has 0 aliphatic carbocycles. The summed E-state index contributed by atoms with van der Waals surface area (Å²) in [7, 11) is 0. The number of hydrogen-bond acceptors (Lipinski definition) is 1. The van der Waals surface area contributed by atoms with Gasteiger partial charge in [-0.15, -0.1) is 0 Å². The third-order valence-electron chi connectivity index (χ3n) is 5.71. The average Bonchev–Trinajstić information content (AvgIpc) is 2.68. The second kappa shape index (κ2) is 9.77. The highest BCUT2D eigenvalue weighted by atomic mass is 15.2. The fraction of sp³-hybridized carbons (Fsp3) is 0.500. The van der Waals surface area contributed by atoms with Crippen LogP contribution in [0.25, 0.3) is 0 Å². The van der Waals surface area contributed by atoms with E-state index in [1.165, 1.54) is 69.2 Å². The monoisotopic (exact) mass is 335 g/mol. The van der Waals surface area contributed by atoms with Gasteiger partial charge in [-0.25, -0.2) is 0 Å². The molecular formula is C24H33N. The second-order valence-corrected chi connectivity index (χ2v) is 7.55. The highest BCUT2D eigenvalue weighted by Gasteiger charge is 2.26. The predicted molar refractivity (Wildman–Crippen MR) is 108 cm³/mol. The molecule has 0 N–H and O–H groups in total. The maximum Gasteiger partial charge on any atom is 0.0601 e. The van der Waals surface area contributed by atoms with Gasteiger partial charge < -0.3 is 0 Å². The lowest BCUT2D eigenvalue weighted by atomic mass is 9.88. The molecule has 2 aromatic rings. The van der Waals surface area contributed by atoms with Gasteiger partial charge in [0, 0.05) is 0 Å². The molecule has 0 spiro atoms. The molecule has 0 amide bonds. The van der Waals surface area contributed by atoms with Crippen molar-refractivity contribution in [3.8, 4) is 0 Å². The second-order valence-electron chi connectivity index (χ2n) is 7.55. The molecule has 1 aliphatic rings. The van der Waals surface area contributed by atoms with Crippen molar-refractivity contribution in [2.24, 2.45) is 5.92 Å².